The summed E-state index contributed by atoms with van der Waals surface area (Å²) in [5, 5.41) is 13.2. The van der Waals surface area contributed by atoms with Gasteiger partial charge >= 0.3 is 0 Å². The maximum atomic E-state index is 9.25. The zero-order valence-corrected chi connectivity index (χ0v) is 13.6. The lowest BCUT2D eigenvalue weighted by Gasteiger charge is -2.20. The van der Waals surface area contributed by atoms with Crippen LogP contribution in [0.1, 0.15) is 24.1 Å². The molecule has 0 radical (unpaired) electrons. The van der Waals surface area contributed by atoms with Crippen LogP contribution in [0, 0.1) is 0 Å². The molecular formula is C17H20ClNO3. The Morgan fingerprint density at radius 3 is 2.55 bits per heavy atom. The Morgan fingerprint density at radius 2 is 1.91 bits per heavy atom. The number of benzene rings is 2. The van der Waals surface area contributed by atoms with Crippen LogP contribution >= 0.6 is 11.6 Å². The molecule has 0 saturated heterocycles. The van der Waals surface area contributed by atoms with E-state index in [0.717, 1.165) is 28.3 Å². The largest absolute Gasteiger partial charge is 0.497 e. The molecule has 0 aliphatic heterocycles. The average Bonchev–Trinajstić information content (AvgIpc) is 2.56. The van der Waals surface area contributed by atoms with E-state index in [1.807, 2.05) is 31.2 Å². The minimum Gasteiger partial charge on any atom is -0.497 e. The first-order chi connectivity index (χ1) is 10.6. The van der Waals surface area contributed by atoms with Crippen LogP contribution in [0.15, 0.2) is 36.4 Å². The lowest BCUT2D eigenvalue weighted by atomic mass is 10.1. The van der Waals surface area contributed by atoms with E-state index in [0.29, 0.717) is 5.02 Å². The zero-order valence-electron chi connectivity index (χ0n) is 12.9. The van der Waals surface area contributed by atoms with Crippen molar-refractivity contribution in [1.82, 2.24) is 0 Å². The lowest BCUT2D eigenvalue weighted by molar-refractivity contribution is 0.282. The van der Waals surface area contributed by atoms with Gasteiger partial charge in [0.25, 0.3) is 0 Å². The van der Waals surface area contributed by atoms with Gasteiger partial charge in [0.2, 0.25) is 0 Å². The van der Waals surface area contributed by atoms with Gasteiger partial charge in [0.1, 0.15) is 11.5 Å². The highest BCUT2D eigenvalue weighted by atomic mass is 35.5. The molecule has 2 N–H and O–H groups in total. The Labute approximate surface area is 135 Å². The van der Waals surface area contributed by atoms with Crippen LogP contribution in [0.2, 0.25) is 5.02 Å². The van der Waals surface area contributed by atoms with Crippen molar-refractivity contribution in [3.63, 3.8) is 0 Å². The predicted octanol–water partition coefficient (Wildman–Crippen LogP) is 4.02. The van der Waals surface area contributed by atoms with E-state index < -0.39 is 0 Å². The fraction of sp³-hybridized carbons (Fsp3) is 0.294. The van der Waals surface area contributed by atoms with Gasteiger partial charge in [0, 0.05) is 5.56 Å². The van der Waals surface area contributed by atoms with E-state index in [-0.39, 0.29) is 12.6 Å². The first kappa shape index (κ1) is 16.5. The van der Waals surface area contributed by atoms with Gasteiger partial charge in [-0.3, -0.25) is 0 Å². The molecular weight excluding hydrogens is 302 g/mol. The van der Waals surface area contributed by atoms with Gasteiger partial charge in [0.05, 0.1) is 37.6 Å². The van der Waals surface area contributed by atoms with Crippen LogP contribution in [0.25, 0.3) is 0 Å². The van der Waals surface area contributed by atoms with E-state index in [2.05, 4.69) is 5.32 Å². The number of anilines is 1. The second-order valence-electron chi connectivity index (χ2n) is 4.95. The number of aliphatic hydroxyl groups excluding tert-OH is 1. The number of nitrogens with one attached hydrogen (secondary N) is 1. The highest BCUT2D eigenvalue weighted by molar-refractivity contribution is 6.33. The molecule has 0 spiro atoms. The van der Waals surface area contributed by atoms with Gasteiger partial charge < -0.3 is 19.9 Å². The fourth-order valence-electron chi connectivity index (χ4n) is 2.27. The monoisotopic (exact) mass is 321 g/mol. The number of hydrogen-bond acceptors (Lipinski definition) is 4. The number of methoxy groups -OCH3 is 2. The molecule has 2 aromatic rings. The highest BCUT2D eigenvalue weighted by Gasteiger charge is 2.14. The summed E-state index contributed by atoms with van der Waals surface area (Å²) < 4.78 is 10.7. The van der Waals surface area contributed by atoms with Crippen LogP contribution in [0.3, 0.4) is 0 Å². The Morgan fingerprint density at radius 1 is 1.14 bits per heavy atom. The summed E-state index contributed by atoms with van der Waals surface area (Å²) in [7, 11) is 3.27. The molecule has 0 aromatic heterocycles. The van der Waals surface area contributed by atoms with Crippen LogP contribution < -0.4 is 14.8 Å². The van der Waals surface area contributed by atoms with Crippen molar-refractivity contribution in [3.8, 4) is 11.5 Å². The smallest absolute Gasteiger partial charge is 0.124 e. The van der Waals surface area contributed by atoms with Crippen LogP contribution in [-0.2, 0) is 6.61 Å². The number of ether oxygens (including phenoxy) is 2. The number of hydrogen-bond donors (Lipinski definition) is 2. The Bertz CT molecular complexity index is 646. The quantitative estimate of drug-likeness (QED) is 0.843. The Kier molecular flexibility index (Phi) is 5.52. The van der Waals surface area contributed by atoms with Gasteiger partial charge in [-0.2, -0.15) is 0 Å². The highest BCUT2D eigenvalue weighted by Crippen LogP contribution is 2.33. The Balaban J connectivity index is 2.30. The van der Waals surface area contributed by atoms with E-state index in [9.17, 15) is 5.11 Å². The van der Waals surface area contributed by atoms with E-state index in [1.165, 1.54) is 0 Å². The molecule has 2 rings (SSSR count). The summed E-state index contributed by atoms with van der Waals surface area (Å²) in [6.07, 6.45) is 0. The fourth-order valence-corrected chi connectivity index (χ4v) is 2.44. The van der Waals surface area contributed by atoms with E-state index in [4.69, 9.17) is 21.1 Å². The van der Waals surface area contributed by atoms with Crippen molar-refractivity contribution in [2.24, 2.45) is 0 Å². The van der Waals surface area contributed by atoms with Crippen LogP contribution in [0.5, 0.6) is 11.5 Å². The Hall–Kier alpha value is -1.91. The van der Waals surface area contributed by atoms with Crippen molar-refractivity contribution in [3.05, 3.63) is 52.5 Å². The molecule has 0 heterocycles. The molecule has 0 aliphatic carbocycles. The minimum absolute atomic E-state index is 0.0251. The van der Waals surface area contributed by atoms with Gasteiger partial charge in [-0.1, -0.05) is 17.7 Å². The molecule has 0 fully saturated rings. The molecule has 0 aliphatic rings. The van der Waals surface area contributed by atoms with Crippen LogP contribution in [-0.4, -0.2) is 19.3 Å². The third-order valence-corrected chi connectivity index (χ3v) is 3.82. The minimum atomic E-state index is -0.0449. The molecule has 0 saturated carbocycles. The maximum absolute atomic E-state index is 9.25. The van der Waals surface area contributed by atoms with Gasteiger partial charge in [0.15, 0.2) is 0 Å². The molecule has 1 unspecified atom stereocenters. The summed E-state index contributed by atoms with van der Waals surface area (Å²) >= 11 is 6.22. The lowest BCUT2D eigenvalue weighted by Crippen LogP contribution is -2.09. The van der Waals surface area contributed by atoms with Crippen molar-refractivity contribution >= 4 is 17.3 Å². The van der Waals surface area contributed by atoms with E-state index in [1.54, 1.807) is 26.4 Å². The molecule has 118 valence electrons. The van der Waals surface area contributed by atoms with E-state index >= 15 is 0 Å². The van der Waals surface area contributed by atoms with Crippen LogP contribution in [0.4, 0.5) is 5.69 Å². The topological polar surface area (TPSA) is 50.7 Å². The second-order valence-corrected chi connectivity index (χ2v) is 5.35. The molecule has 4 nitrogen and oxygen atoms in total. The van der Waals surface area contributed by atoms with Crippen molar-refractivity contribution in [2.45, 2.75) is 19.6 Å². The molecule has 0 bridgehead atoms. The predicted molar refractivity (Wildman–Crippen MR) is 89.0 cm³/mol. The van der Waals surface area contributed by atoms with Crippen molar-refractivity contribution < 1.29 is 14.6 Å². The van der Waals surface area contributed by atoms with Gasteiger partial charge in [-0.25, -0.2) is 0 Å². The normalized spacial score (nSPS) is 11.9. The molecule has 22 heavy (non-hydrogen) atoms. The second kappa shape index (κ2) is 7.38. The standard InChI is InChI=1S/C17H20ClNO3/c1-11(14-9-13(21-2)5-7-17(14)22-3)19-16-8-12(10-20)4-6-15(16)18/h4-9,11,19-20H,10H2,1-3H3. The van der Waals surface area contributed by atoms with Gasteiger partial charge in [-0.15, -0.1) is 0 Å². The van der Waals surface area contributed by atoms with Gasteiger partial charge in [-0.05, 0) is 42.8 Å². The summed E-state index contributed by atoms with van der Waals surface area (Å²) in [5.41, 5.74) is 2.54. The SMILES string of the molecule is COc1ccc(OC)c(C(C)Nc2cc(CO)ccc2Cl)c1. The first-order valence-corrected chi connectivity index (χ1v) is 7.34. The number of aliphatic hydroxyl groups is 1. The zero-order chi connectivity index (χ0) is 16.1. The first-order valence-electron chi connectivity index (χ1n) is 6.96. The molecule has 5 heteroatoms. The summed E-state index contributed by atoms with van der Waals surface area (Å²) in [6, 6.07) is 11.0. The van der Waals surface area contributed by atoms with Crippen molar-refractivity contribution in [2.75, 3.05) is 19.5 Å². The summed E-state index contributed by atoms with van der Waals surface area (Å²) in [5.74, 6) is 1.54. The third-order valence-electron chi connectivity index (χ3n) is 3.49. The number of rotatable bonds is 6. The molecule has 0 amide bonds. The van der Waals surface area contributed by atoms with Crippen molar-refractivity contribution in [1.29, 1.82) is 0 Å². The summed E-state index contributed by atoms with van der Waals surface area (Å²) in [6.45, 7) is 1.99. The summed E-state index contributed by atoms with van der Waals surface area (Å²) in [4.78, 5) is 0. The number of halogens is 1. The average molecular weight is 322 g/mol. The molecule has 2 aromatic carbocycles. The third kappa shape index (κ3) is 3.64. The maximum Gasteiger partial charge on any atom is 0.124 e. The molecule has 1 atom stereocenters.